The molecule has 2 aliphatic rings. The maximum atomic E-state index is 12.1. The minimum absolute atomic E-state index is 0.0472. The number of β-lactam (4-membered cyclic amide) rings is 1. The molecule has 5 atom stereocenters. The van der Waals surface area contributed by atoms with E-state index in [4.69, 9.17) is 5.11 Å². The molecule has 2 aliphatic heterocycles. The molecule has 2 heterocycles. The molecule has 0 aliphatic carbocycles. The highest BCUT2D eigenvalue weighted by Crippen LogP contribution is 2.48. The minimum atomic E-state index is 0.0472. The van der Waals surface area contributed by atoms with E-state index in [1.165, 1.54) is 5.57 Å². The average molecular weight is 253 g/mol. The summed E-state index contributed by atoms with van der Waals surface area (Å²) in [6.07, 6.45) is 3.70. The molecule has 17 heavy (non-hydrogen) atoms. The van der Waals surface area contributed by atoms with Gasteiger partial charge in [-0.2, -0.15) is 0 Å². The Balaban J connectivity index is 2.26. The lowest BCUT2D eigenvalue weighted by Crippen LogP contribution is -2.61. The summed E-state index contributed by atoms with van der Waals surface area (Å²) in [5.74, 6) is 0.739. The Bertz CT molecular complexity index is 400. The molecular weight excluding hydrogens is 233 g/mol. The molecule has 4 heteroatoms. The van der Waals surface area contributed by atoms with E-state index >= 15 is 0 Å². The number of carbonyl (C=O) groups excluding carboxylic acids is 1. The van der Waals surface area contributed by atoms with Crippen LogP contribution in [0.2, 0.25) is 0 Å². The predicted octanol–water partition coefficient (Wildman–Crippen LogP) is 1.55. The van der Waals surface area contributed by atoms with Crippen LogP contribution in [0.5, 0.6) is 0 Å². The summed E-state index contributed by atoms with van der Waals surface area (Å²) in [5.41, 5.74) is 2.56. The van der Waals surface area contributed by atoms with E-state index in [2.05, 4.69) is 23.1 Å². The summed E-state index contributed by atoms with van der Waals surface area (Å²) in [7, 11) is 2.74. The van der Waals surface area contributed by atoms with Crippen LogP contribution in [0.4, 0.5) is 0 Å². The van der Waals surface area contributed by atoms with E-state index in [1.54, 1.807) is 6.08 Å². The molecule has 1 saturated heterocycles. The van der Waals surface area contributed by atoms with Gasteiger partial charge in [0.25, 0.3) is 0 Å². The molecule has 1 amide bonds. The van der Waals surface area contributed by atoms with Gasteiger partial charge in [0.1, 0.15) is 0 Å². The van der Waals surface area contributed by atoms with Crippen LogP contribution in [-0.4, -0.2) is 34.2 Å². The second-order valence-electron chi connectivity index (χ2n) is 5.00. The van der Waals surface area contributed by atoms with E-state index in [0.717, 1.165) is 5.70 Å². The first kappa shape index (κ1) is 12.8. The van der Waals surface area contributed by atoms with Crippen molar-refractivity contribution in [2.75, 3.05) is 6.61 Å². The lowest BCUT2D eigenvalue weighted by atomic mass is 9.79. The number of nitrogens with zero attached hydrogens (tertiary/aromatic N) is 1. The van der Waals surface area contributed by atoms with Crippen molar-refractivity contribution in [2.24, 2.45) is 11.8 Å². The molecule has 3 nitrogen and oxygen atoms in total. The largest absolute Gasteiger partial charge is 0.392 e. The van der Waals surface area contributed by atoms with Gasteiger partial charge in [-0.3, -0.25) is 4.79 Å². The fourth-order valence-electron chi connectivity index (χ4n) is 3.10. The van der Waals surface area contributed by atoms with Gasteiger partial charge >= 0.3 is 0 Å². The molecule has 94 valence electrons. The smallest absolute Gasteiger partial charge is 0.232 e. The Hall–Kier alpha value is -0.660. The maximum Gasteiger partial charge on any atom is 0.232 e. The second kappa shape index (κ2) is 4.55. The van der Waals surface area contributed by atoms with Gasteiger partial charge in [0.05, 0.1) is 18.6 Å². The molecular formula is C13H20NO2P. The van der Waals surface area contributed by atoms with Crippen molar-refractivity contribution < 1.29 is 9.90 Å². The van der Waals surface area contributed by atoms with Crippen LogP contribution in [0.15, 0.2) is 23.4 Å². The average Bonchev–Trinajstić information content (AvgIpc) is 2.44. The lowest BCUT2D eigenvalue weighted by molar-refractivity contribution is -0.152. The SMILES string of the molecule is CC1=C(/C=C/CO)[C@H](C)[C@@H]2[C@@H]([C@@H](C)P)C(=O)N12. The van der Waals surface area contributed by atoms with Gasteiger partial charge in [-0.25, -0.2) is 0 Å². The minimum Gasteiger partial charge on any atom is -0.392 e. The number of amides is 1. The Labute approximate surface area is 105 Å². The molecule has 2 rings (SSSR count). The van der Waals surface area contributed by atoms with Crippen LogP contribution in [0.1, 0.15) is 20.8 Å². The molecule has 0 aromatic heterocycles. The van der Waals surface area contributed by atoms with Crippen molar-refractivity contribution in [1.29, 1.82) is 0 Å². The molecule has 0 bridgehead atoms. The van der Waals surface area contributed by atoms with Crippen LogP contribution in [0, 0.1) is 11.8 Å². The van der Waals surface area contributed by atoms with Gasteiger partial charge in [0, 0.05) is 11.6 Å². The van der Waals surface area contributed by atoms with Crippen molar-refractivity contribution in [3.8, 4) is 0 Å². The molecule has 0 spiro atoms. The number of aliphatic hydroxyl groups is 1. The van der Waals surface area contributed by atoms with Gasteiger partial charge in [-0.1, -0.05) is 26.0 Å². The van der Waals surface area contributed by atoms with Crippen molar-refractivity contribution in [2.45, 2.75) is 32.5 Å². The van der Waals surface area contributed by atoms with Crippen molar-refractivity contribution in [3.05, 3.63) is 23.4 Å². The second-order valence-corrected chi connectivity index (χ2v) is 6.05. The third-order valence-corrected chi connectivity index (χ3v) is 4.35. The van der Waals surface area contributed by atoms with E-state index in [1.807, 2.05) is 17.9 Å². The highest BCUT2D eigenvalue weighted by molar-refractivity contribution is 7.17. The summed E-state index contributed by atoms with van der Waals surface area (Å²) in [4.78, 5) is 14.0. The molecule has 1 unspecified atom stereocenters. The molecule has 0 saturated carbocycles. The topological polar surface area (TPSA) is 40.5 Å². The van der Waals surface area contributed by atoms with Crippen molar-refractivity contribution in [1.82, 2.24) is 4.90 Å². The lowest BCUT2D eigenvalue weighted by Gasteiger charge is -2.47. The highest BCUT2D eigenvalue weighted by Gasteiger charge is 2.56. The van der Waals surface area contributed by atoms with Crippen LogP contribution in [0.25, 0.3) is 0 Å². The third kappa shape index (κ3) is 1.76. The van der Waals surface area contributed by atoms with E-state index < -0.39 is 0 Å². The summed E-state index contributed by atoms with van der Waals surface area (Å²) in [6, 6.07) is 0.313. The Kier molecular flexibility index (Phi) is 3.42. The van der Waals surface area contributed by atoms with E-state index in [9.17, 15) is 4.79 Å². The van der Waals surface area contributed by atoms with E-state index in [-0.39, 0.29) is 18.4 Å². The van der Waals surface area contributed by atoms with Crippen molar-refractivity contribution in [3.63, 3.8) is 0 Å². The predicted molar refractivity (Wildman–Crippen MR) is 71.4 cm³/mol. The fraction of sp³-hybridized carbons (Fsp3) is 0.615. The number of aliphatic hydroxyl groups excluding tert-OH is 1. The highest BCUT2D eigenvalue weighted by atomic mass is 31.0. The normalized spacial score (nSPS) is 34.3. The zero-order chi connectivity index (χ0) is 12.7. The van der Waals surface area contributed by atoms with Gasteiger partial charge in [-0.15, -0.1) is 9.24 Å². The molecule has 0 aromatic carbocycles. The zero-order valence-electron chi connectivity index (χ0n) is 10.6. The monoisotopic (exact) mass is 253 g/mol. The van der Waals surface area contributed by atoms with Gasteiger partial charge in [-0.05, 0) is 18.2 Å². The van der Waals surface area contributed by atoms with Crippen LogP contribution < -0.4 is 0 Å². The first-order chi connectivity index (χ1) is 8.00. The van der Waals surface area contributed by atoms with Crippen LogP contribution >= 0.6 is 9.24 Å². The molecule has 0 radical (unpaired) electrons. The van der Waals surface area contributed by atoms with Gasteiger partial charge in [0.15, 0.2) is 0 Å². The summed E-state index contributed by atoms with van der Waals surface area (Å²) < 4.78 is 0. The van der Waals surface area contributed by atoms with Crippen LogP contribution in [0.3, 0.4) is 0 Å². The quantitative estimate of drug-likeness (QED) is 0.612. The first-order valence-corrected chi connectivity index (χ1v) is 6.74. The van der Waals surface area contributed by atoms with Gasteiger partial charge in [0.2, 0.25) is 5.91 Å². The summed E-state index contributed by atoms with van der Waals surface area (Å²) in [6.45, 7) is 6.28. The number of carbonyl (C=O) groups is 1. The number of hydrogen-bond donors (Lipinski definition) is 1. The molecule has 1 fully saturated rings. The summed E-state index contributed by atoms with van der Waals surface area (Å²) in [5, 5.41) is 8.85. The zero-order valence-corrected chi connectivity index (χ0v) is 11.7. The number of hydrogen-bond acceptors (Lipinski definition) is 2. The van der Waals surface area contributed by atoms with Gasteiger partial charge < -0.3 is 10.0 Å². The number of rotatable bonds is 3. The Morgan fingerprint density at radius 2 is 2.24 bits per heavy atom. The molecule has 1 N–H and O–H groups in total. The number of fused-ring (bicyclic) bond motifs is 1. The van der Waals surface area contributed by atoms with Crippen LogP contribution in [-0.2, 0) is 4.79 Å². The molecule has 0 aromatic rings. The van der Waals surface area contributed by atoms with E-state index in [0.29, 0.717) is 17.6 Å². The summed E-state index contributed by atoms with van der Waals surface area (Å²) >= 11 is 0. The Morgan fingerprint density at radius 1 is 1.59 bits per heavy atom. The van der Waals surface area contributed by atoms with Crippen molar-refractivity contribution >= 4 is 15.1 Å². The maximum absolute atomic E-state index is 12.1. The fourth-order valence-corrected chi connectivity index (χ4v) is 3.49. The standard InChI is InChI=1S/C13H20NO2P/c1-7-10(5-4-6-15)8(2)14-12(7)11(9(3)17)13(14)16/h4-5,7,9,11-12,15H,6,17H2,1-3H3/b5-4+/t7-,9+,11+,12+/m0/s1. The Morgan fingerprint density at radius 3 is 2.76 bits per heavy atom. The first-order valence-electron chi connectivity index (χ1n) is 6.07. The third-order valence-electron chi connectivity index (χ3n) is 3.94. The number of allylic oxidation sites excluding steroid dienone is 2.